The monoisotopic (exact) mass is 305 g/mol. The lowest BCUT2D eigenvalue weighted by molar-refractivity contribution is 0.389. The van der Waals surface area contributed by atoms with E-state index in [1.807, 2.05) is 36.4 Å². The van der Waals surface area contributed by atoms with Gasteiger partial charge >= 0.3 is 0 Å². The van der Waals surface area contributed by atoms with Crippen LogP contribution in [-0.2, 0) is 6.54 Å². The zero-order valence-corrected chi connectivity index (χ0v) is 13.3. The van der Waals surface area contributed by atoms with Crippen LogP contribution < -0.4 is 5.73 Å². The second-order valence-electron chi connectivity index (χ2n) is 6.12. The second kappa shape index (κ2) is 5.21. The summed E-state index contributed by atoms with van der Waals surface area (Å²) in [4.78, 5) is 11.9. The Kier molecular flexibility index (Phi) is 3.16. The highest BCUT2D eigenvalue weighted by Crippen LogP contribution is 2.29. The Morgan fingerprint density at radius 1 is 1.04 bits per heavy atom. The van der Waals surface area contributed by atoms with Crippen LogP contribution in [-0.4, -0.2) is 40.1 Å². The number of fused-ring (bicyclic) bond motifs is 4. The minimum atomic E-state index is 0.749. The van der Waals surface area contributed by atoms with Crippen LogP contribution in [0, 0.1) is 0 Å². The van der Waals surface area contributed by atoms with Crippen LogP contribution in [0.4, 0.5) is 5.69 Å². The van der Waals surface area contributed by atoms with Crippen molar-refractivity contribution < 1.29 is 0 Å². The van der Waals surface area contributed by atoms with Crippen molar-refractivity contribution in [3.05, 3.63) is 42.5 Å². The van der Waals surface area contributed by atoms with Crippen LogP contribution in [0.5, 0.6) is 0 Å². The van der Waals surface area contributed by atoms with Crippen molar-refractivity contribution in [3.8, 4) is 0 Å². The van der Waals surface area contributed by atoms with E-state index < -0.39 is 0 Å². The third-order valence-electron chi connectivity index (χ3n) is 4.15. The molecule has 0 saturated heterocycles. The number of nitrogens with two attached hydrogens (primary N) is 1. The van der Waals surface area contributed by atoms with Gasteiger partial charge in [0.1, 0.15) is 5.52 Å². The zero-order valence-electron chi connectivity index (χ0n) is 13.3. The van der Waals surface area contributed by atoms with Gasteiger partial charge in [-0.25, -0.2) is 9.97 Å². The van der Waals surface area contributed by atoms with Crippen LogP contribution in [0.3, 0.4) is 0 Å². The Hall–Kier alpha value is -2.66. The van der Waals surface area contributed by atoms with Gasteiger partial charge in [0.05, 0.1) is 16.6 Å². The van der Waals surface area contributed by atoms with E-state index >= 15 is 0 Å². The Morgan fingerprint density at radius 3 is 2.52 bits per heavy atom. The van der Waals surface area contributed by atoms with E-state index in [1.54, 1.807) is 0 Å². The first-order valence-corrected chi connectivity index (χ1v) is 7.72. The molecule has 2 N–H and O–H groups in total. The fourth-order valence-electron chi connectivity index (χ4n) is 2.98. The number of hydrogen-bond donors (Lipinski definition) is 1. The maximum atomic E-state index is 5.99. The summed E-state index contributed by atoms with van der Waals surface area (Å²) in [5.74, 6) is 0. The molecular formula is C18H19N5. The highest BCUT2D eigenvalue weighted by atomic mass is 15.1. The molecule has 0 radical (unpaired) electrons. The molecule has 0 fully saturated rings. The van der Waals surface area contributed by atoms with Crippen LogP contribution in [0.25, 0.3) is 33.1 Å². The average Bonchev–Trinajstić information content (AvgIpc) is 2.83. The molecule has 0 bridgehead atoms. The Bertz CT molecular complexity index is 1020. The van der Waals surface area contributed by atoms with Gasteiger partial charge in [0.15, 0.2) is 5.65 Å². The van der Waals surface area contributed by atoms with E-state index in [0.29, 0.717) is 0 Å². The molecule has 0 aliphatic rings. The van der Waals surface area contributed by atoms with Gasteiger partial charge in [0.2, 0.25) is 0 Å². The molecule has 0 unspecified atom stereocenters. The predicted molar refractivity (Wildman–Crippen MR) is 95.5 cm³/mol. The molecule has 0 atom stereocenters. The van der Waals surface area contributed by atoms with Gasteiger partial charge < -0.3 is 15.2 Å². The van der Waals surface area contributed by atoms with Crippen molar-refractivity contribution in [2.24, 2.45) is 0 Å². The molecule has 0 aliphatic carbocycles. The van der Waals surface area contributed by atoms with Crippen molar-refractivity contribution in [3.63, 3.8) is 0 Å². The maximum absolute atomic E-state index is 5.99. The van der Waals surface area contributed by atoms with E-state index in [-0.39, 0.29) is 0 Å². The Labute approximate surface area is 134 Å². The predicted octanol–water partition coefficient (Wildman–Crippen LogP) is 2.88. The molecule has 4 aromatic rings. The van der Waals surface area contributed by atoms with E-state index in [0.717, 1.165) is 51.9 Å². The van der Waals surface area contributed by atoms with Crippen LogP contribution >= 0.6 is 0 Å². The van der Waals surface area contributed by atoms with Gasteiger partial charge in [-0.15, -0.1) is 0 Å². The quantitative estimate of drug-likeness (QED) is 0.591. The maximum Gasteiger partial charge on any atom is 0.160 e. The van der Waals surface area contributed by atoms with Crippen molar-refractivity contribution in [1.29, 1.82) is 0 Å². The lowest BCUT2D eigenvalue weighted by Gasteiger charge is -2.12. The summed E-state index contributed by atoms with van der Waals surface area (Å²) in [6.07, 6.45) is 0. The number of anilines is 1. The number of rotatable bonds is 3. The summed E-state index contributed by atoms with van der Waals surface area (Å²) in [6.45, 7) is 1.81. The Morgan fingerprint density at radius 2 is 1.78 bits per heavy atom. The largest absolute Gasteiger partial charge is 0.399 e. The summed E-state index contributed by atoms with van der Waals surface area (Å²) in [5, 5.41) is 1.07. The molecule has 0 amide bonds. The third-order valence-corrected chi connectivity index (χ3v) is 4.15. The molecule has 116 valence electrons. The van der Waals surface area contributed by atoms with E-state index in [4.69, 9.17) is 15.7 Å². The highest BCUT2D eigenvalue weighted by Gasteiger charge is 2.14. The number of nitrogen functional groups attached to an aromatic ring is 1. The fourth-order valence-corrected chi connectivity index (χ4v) is 2.98. The molecule has 0 saturated carbocycles. The molecule has 5 nitrogen and oxygen atoms in total. The summed E-state index contributed by atoms with van der Waals surface area (Å²) in [6, 6.07) is 14.0. The van der Waals surface area contributed by atoms with Gasteiger partial charge in [-0.2, -0.15) is 0 Å². The lowest BCUT2D eigenvalue weighted by atomic mass is 10.2. The van der Waals surface area contributed by atoms with Crippen molar-refractivity contribution in [2.75, 3.05) is 26.4 Å². The highest BCUT2D eigenvalue weighted by molar-refractivity contribution is 6.07. The molecular weight excluding hydrogens is 286 g/mol. The number of nitrogens with zero attached hydrogens (tertiary/aromatic N) is 4. The number of hydrogen-bond acceptors (Lipinski definition) is 4. The molecule has 4 rings (SSSR count). The van der Waals surface area contributed by atoms with Crippen LogP contribution in [0.2, 0.25) is 0 Å². The number of para-hydroxylation sites is 2. The minimum Gasteiger partial charge on any atom is -0.399 e. The summed E-state index contributed by atoms with van der Waals surface area (Å²) < 4.78 is 2.24. The minimum absolute atomic E-state index is 0.749. The standard InChI is InChI=1S/C18H19N5/c1-22(2)9-10-23-16-8-7-12(19)11-13(16)17-18(23)21-15-6-4-3-5-14(15)20-17/h3-8,11H,9-10,19H2,1-2H3. The van der Waals surface area contributed by atoms with E-state index in [9.17, 15) is 0 Å². The average molecular weight is 305 g/mol. The second-order valence-corrected chi connectivity index (χ2v) is 6.12. The lowest BCUT2D eigenvalue weighted by Crippen LogP contribution is -2.18. The topological polar surface area (TPSA) is 60.0 Å². The van der Waals surface area contributed by atoms with Gasteiger partial charge in [-0.05, 0) is 44.4 Å². The molecule has 23 heavy (non-hydrogen) atoms. The summed E-state index contributed by atoms with van der Waals surface area (Å²) >= 11 is 0. The first-order chi connectivity index (χ1) is 11.1. The number of benzene rings is 2. The molecule has 0 spiro atoms. The molecule has 2 heterocycles. The number of likely N-dealkylation sites (N-methyl/N-ethyl adjacent to an activating group) is 1. The molecule has 5 heteroatoms. The SMILES string of the molecule is CN(C)CCn1c2ccc(N)cc2c2nc3ccccc3nc21. The molecule has 0 aliphatic heterocycles. The first kappa shape index (κ1) is 14.0. The molecule has 2 aromatic carbocycles. The normalized spacial score (nSPS) is 12.0. The van der Waals surface area contributed by atoms with Gasteiger partial charge in [-0.1, -0.05) is 12.1 Å². The van der Waals surface area contributed by atoms with Crippen LogP contribution in [0.1, 0.15) is 0 Å². The van der Waals surface area contributed by atoms with Crippen LogP contribution in [0.15, 0.2) is 42.5 Å². The van der Waals surface area contributed by atoms with Crippen molar-refractivity contribution in [1.82, 2.24) is 19.4 Å². The van der Waals surface area contributed by atoms with E-state index in [1.165, 1.54) is 0 Å². The smallest absolute Gasteiger partial charge is 0.160 e. The summed E-state index contributed by atoms with van der Waals surface area (Å²) in [7, 11) is 4.15. The van der Waals surface area contributed by atoms with Crippen molar-refractivity contribution in [2.45, 2.75) is 6.54 Å². The van der Waals surface area contributed by atoms with Gasteiger partial charge in [0.25, 0.3) is 0 Å². The first-order valence-electron chi connectivity index (χ1n) is 7.72. The summed E-state index contributed by atoms with van der Waals surface area (Å²) in [5.41, 5.74) is 11.5. The zero-order chi connectivity index (χ0) is 16.0. The fraction of sp³-hybridized carbons (Fsp3) is 0.222. The Balaban J connectivity index is 2.08. The number of aromatic nitrogens is 3. The van der Waals surface area contributed by atoms with E-state index in [2.05, 4.69) is 29.6 Å². The van der Waals surface area contributed by atoms with Gasteiger partial charge in [-0.3, -0.25) is 0 Å². The van der Waals surface area contributed by atoms with Crippen molar-refractivity contribution >= 4 is 38.8 Å². The molecule has 2 aromatic heterocycles. The van der Waals surface area contributed by atoms with Gasteiger partial charge in [0, 0.05) is 24.2 Å². The third kappa shape index (κ3) is 2.29.